The van der Waals surface area contributed by atoms with Crippen molar-refractivity contribution in [2.45, 2.75) is 25.0 Å². The SMILES string of the molecule is Nc1nc(Cl)c2ncn(CC3(OC[P+](=O)O)CC3)c2n1. The first-order chi connectivity index (χ1) is 9.49. The summed E-state index contributed by atoms with van der Waals surface area (Å²) in [5, 5.41) is 0.204. The van der Waals surface area contributed by atoms with Crippen molar-refractivity contribution in [2.75, 3.05) is 12.1 Å². The van der Waals surface area contributed by atoms with Gasteiger partial charge in [-0.25, -0.2) is 4.98 Å². The average Bonchev–Trinajstić information content (AvgIpc) is 3.03. The molecule has 0 aromatic carbocycles. The molecular formula is C10H12ClN5O3P+. The standard InChI is InChI=1S/C10H11ClN5O3P/c11-7-6-8(15-9(12)14-7)16(4-13-6)3-10(1-2-10)19-5-20(17)18/h4H,1-3,5H2,(H2-,12,14,15,17,18)/p+1. The number of rotatable bonds is 5. The van der Waals surface area contributed by atoms with E-state index in [1.54, 1.807) is 10.9 Å². The summed E-state index contributed by atoms with van der Waals surface area (Å²) in [5.74, 6) is 0.0773. The fourth-order valence-corrected chi connectivity index (χ4v) is 2.64. The molecule has 2 aromatic heterocycles. The molecule has 106 valence electrons. The second kappa shape index (κ2) is 4.89. The first-order valence-corrected chi connectivity index (χ1v) is 7.68. The van der Waals surface area contributed by atoms with Gasteiger partial charge in [-0.1, -0.05) is 11.6 Å². The van der Waals surface area contributed by atoms with E-state index >= 15 is 0 Å². The lowest BCUT2D eigenvalue weighted by Gasteiger charge is -2.14. The van der Waals surface area contributed by atoms with Gasteiger partial charge in [0.2, 0.25) is 5.95 Å². The fraction of sp³-hybridized carbons (Fsp3) is 0.500. The van der Waals surface area contributed by atoms with E-state index in [1.165, 1.54) is 0 Å². The number of aromatic nitrogens is 4. The smallest absolute Gasteiger partial charge is 0.368 e. The van der Waals surface area contributed by atoms with Crippen LogP contribution in [0.5, 0.6) is 0 Å². The van der Waals surface area contributed by atoms with E-state index in [4.69, 9.17) is 27.0 Å². The summed E-state index contributed by atoms with van der Waals surface area (Å²) in [6.45, 7) is 0.486. The Morgan fingerprint density at radius 1 is 1.55 bits per heavy atom. The van der Waals surface area contributed by atoms with Crippen LogP contribution in [0, 0.1) is 0 Å². The highest BCUT2D eigenvalue weighted by Gasteiger charge is 2.46. The number of anilines is 1. The molecule has 1 atom stereocenters. The predicted octanol–water partition coefficient (Wildman–Crippen LogP) is 1.30. The average molecular weight is 317 g/mol. The highest BCUT2D eigenvalue weighted by Crippen LogP contribution is 2.43. The number of ether oxygens (including phenoxy) is 1. The van der Waals surface area contributed by atoms with Crippen LogP contribution in [0.15, 0.2) is 6.33 Å². The van der Waals surface area contributed by atoms with Crippen LogP contribution in [0.4, 0.5) is 5.95 Å². The lowest BCUT2D eigenvalue weighted by atomic mass is 10.3. The van der Waals surface area contributed by atoms with Crippen LogP contribution in [0.2, 0.25) is 5.15 Å². The van der Waals surface area contributed by atoms with E-state index < -0.39 is 13.6 Å². The third-order valence-corrected chi connectivity index (χ3v) is 3.80. The molecule has 0 aliphatic heterocycles. The van der Waals surface area contributed by atoms with Crippen LogP contribution in [-0.2, 0) is 15.8 Å². The largest absolute Gasteiger partial charge is 0.534 e. The van der Waals surface area contributed by atoms with Crippen LogP contribution in [-0.4, -0.2) is 36.4 Å². The Morgan fingerprint density at radius 2 is 2.30 bits per heavy atom. The first kappa shape index (κ1) is 13.6. The number of imidazole rings is 1. The number of nitrogens with zero attached hydrogens (tertiary/aromatic N) is 4. The topological polar surface area (TPSA) is 116 Å². The quantitative estimate of drug-likeness (QED) is 0.630. The zero-order chi connectivity index (χ0) is 14.3. The molecule has 1 unspecified atom stereocenters. The number of hydrogen-bond donors (Lipinski definition) is 2. The summed E-state index contributed by atoms with van der Waals surface area (Å²) >= 11 is 5.96. The molecule has 1 aliphatic rings. The number of halogens is 1. The Hall–Kier alpha value is -1.34. The molecule has 1 fully saturated rings. The van der Waals surface area contributed by atoms with Gasteiger partial charge in [0.25, 0.3) is 6.35 Å². The minimum absolute atomic E-state index is 0.0773. The lowest BCUT2D eigenvalue weighted by molar-refractivity contribution is 0.0486. The van der Waals surface area contributed by atoms with Gasteiger partial charge < -0.3 is 15.0 Å². The molecule has 0 saturated heterocycles. The van der Waals surface area contributed by atoms with E-state index in [0.717, 1.165) is 12.8 Å². The first-order valence-electron chi connectivity index (χ1n) is 5.90. The minimum atomic E-state index is -2.30. The summed E-state index contributed by atoms with van der Waals surface area (Å²) in [5.41, 5.74) is 6.17. The summed E-state index contributed by atoms with van der Waals surface area (Å²) < 4.78 is 18.0. The molecule has 0 amide bonds. The maximum absolute atomic E-state index is 10.7. The maximum atomic E-state index is 10.7. The molecule has 1 aliphatic carbocycles. The van der Waals surface area contributed by atoms with Crippen molar-refractivity contribution in [3.05, 3.63) is 11.5 Å². The Kier molecular flexibility index (Phi) is 3.33. The van der Waals surface area contributed by atoms with Crippen molar-refractivity contribution in [1.29, 1.82) is 0 Å². The highest BCUT2D eigenvalue weighted by molar-refractivity contribution is 7.37. The predicted molar refractivity (Wildman–Crippen MR) is 72.5 cm³/mol. The van der Waals surface area contributed by atoms with E-state index in [-0.39, 0.29) is 17.4 Å². The lowest BCUT2D eigenvalue weighted by Crippen LogP contribution is -2.21. The summed E-state index contributed by atoms with van der Waals surface area (Å²) in [7, 11) is -2.30. The second-order valence-electron chi connectivity index (χ2n) is 4.73. The number of hydrogen-bond acceptors (Lipinski definition) is 6. The van der Waals surface area contributed by atoms with Crippen LogP contribution < -0.4 is 5.73 Å². The van der Waals surface area contributed by atoms with Gasteiger partial charge >= 0.3 is 8.03 Å². The Morgan fingerprint density at radius 3 is 2.95 bits per heavy atom. The Labute approximate surface area is 119 Å². The van der Waals surface area contributed by atoms with Gasteiger partial charge in [-0.05, 0) is 17.4 Å². The van der Waals surface area contributed by atoms with Crippen LogP contribution in [0.25, 0.3) is 11.2 Å². The molecule has 2 heterocycles. The Balaban J connectivity index is 1.86. The van der Waals surface area contributed by atoms with Crippen molar-refractivity contribution in [3.8, 4) is 0 Å². The van der Waals surface area contributed by atoms with Crippen molar-refractivity contribution in [1.82, 2.24) is 19.5 Å². The molecule has 2 aromatic rings. The van der Waals surface area contributed by atoms with Crippen LogP contribution >= 0.6 is 19.6 Å². The third kappa shape index (κ3) is 2.60. The van der Waals surface area contributed by atoms with Crippen LogP contribution in [0.1, 0.15) is 12.8 Å². The normalized spacial score (nSPS) is 17.4. The zero-order valence-corrected chi connectivity index (χ0v) is 12.0. The number of nitrogen functional groups attached to an aromatic ring is 1. The minimum Gasteiger partial charge on any atom is -0.368 e. The fourth-order valence-electron chi connectivity index (χ4n) is 2.03. The monoisotopic (exact) mass is 316 g/mol. The van der Waals surface area contributed by atoms with Gasteiger partial charge in [0.15, 0.2) is 10.8 Å². The zero-order valence-electron chi connectivity index (χ0n) is 10.4. The van der Waals surface area contributed by atoms with E-state index in [9.17, 15) is 4.57 Å². The van der Waals surface area contributed by atoms with E-state index in [1.807, 2.05) is 0 Å². The summed E-state index contributed by atoms with van der Waals surface area (Å²) in [6, 6.07) is 0. The third-order valence-electron chi connectivity index (χ3n) is 3.19. The maximum Gasteiger partial charge on any atom is 0.534 e. The summed E-state index contributed by atoms with van der Waals surface area (Å²) in [4.78, 5) is 20.9. The molecular weight excluding hydrogens is 305 g/mol. The Bertz CT molecular complexity index is 687. The molecule has 20 heavy (non-hydrogen) atoms. The molecule has 0 radical (unpaired) electrons. The number of nitrogens with two attached hydrogens (primary N) is 1. The van der Waals surface area contributed by atoms with E-state index in [0.29, 0.717) is 17.7 Å². The van der Waals surface area contributed by atoms with Gasteiger partial charge in [0.05, 0.1) is 18.5 Å². The van der Waals surface area contributed by atoms with Gasteiger partial charge in [-0.3, -0.25) is 0 Å². The van der Waals surface area contributed by atoms with Crippen molar-refractivity contribution < 1.29 is 14.2 Å². The van der Waals surface area contributed by atoms with Gasteiger partial charge in [-0.15, -0.1) is 0 Å². The van der Waals surface area contributed by atoms with Crippen molar-refractivity contribution >= 4 is 36.7 Å². The van der Waals surface area contributed by atoms with Gasteiger partial charge in [-0.2, -0.15) is 14.9 Å². The molecule has 1 saturated carbocycles. The molecule has 0 bridgehead atoms. The van der Waals surface area contributed by atoms with E-state index in [2.05, 4.69) is 15.0 Å². The van der Waals surface area contributed by atoms with Crippen molar-refractivity contribution in [3.63, 3.8) is 0 Å². The second-order valence-corrected chi connectivity index (χ2v) is 6.05. The molecule has 0 spiro atoms. The number of fused-ring (bicyclic) bond motifs is 1. The molecule has 8 nitrogen and oxygen atoms in total. The van der Waals surface area contributed by atoms with Gasteiger partial charge in [0, 0.05) is 0 Å². The highest BCUT2D eigenvalue weighted by atomic mass is 35.5. The molecule has 3 rings (SSSR count). The summed E-state index contributed by atoms with van der Waals surface area (Å²) in [6.07, 6.45) is 3.07. The molecule has 10 heteroatoms. The van der Waals surface area contributed by atoms with Crippen molar-refractivity contribution in [2.24, 2.45) is 0 Å². The van der Waals surface area contributed by atoms with Crippen LogP contribution in [0.3, 0.4) is 0 Å². The van der Waals surface area contributed by atoms with Gasteiger partial charge in [0.1, 0.15) is 5.52 Å². The molecule has 3 N–H and O–H groups in total.